The van der Waals surface area contributed by atoms with E-state index in [2.05, 4.69) is 14.9 Å². The highest BCUT2D eigenvalue weighted by atomic mass is 35.5. The van der Waals surface area contributed by atoms with Crippen LogP contribution in [0.4, 0.5) is 8.78 Å². The lowest BCUT2D eigenvalue weighted by Gasteiger charge is -2.29. The van der Waals surface area contributed by atoms with E-state index in [1.165, 1.54) is 24.3 Å². The van der Waals surface area contributed by atoms with Crippen LogP contribution in [0.3, 0.4) is 0 Å². The van der Waals surface area contributed by atoms with Crippen LogP contribution in [0.1, 0.15) is 40.4 Å². The fourth-order valence-electron chi connectivity index (χ4n) is 4.91. The van der Waals surface area contributed by atoms with Gasteiger partial charge in [-0.15, -0.1) is 0 Å². The Hall–Kier alpha value is -3.80. The number of nitrogens with zero attached hydrogens (tertiary/aromatic N) is 4. The van der Waals surface area contributed by atoms with Crippen molar-refractivity contribution in [2.24, 2.45) is 0 Å². The molecule has 0 bridgehead atoms. The van der Waals surface area contributed by atoms with Crippen molar-refractivity contribution in [1.29, 1.82) is 0 Å². The summed E-state index contributed by atoms with van der Waals surface area (Å²) in [6, 6.07) is 8.44. The average molecular weight is 570 g/mol. The molecule has 4 aromatic rings. The number of carboxylic acid groups (broad SMARTS) is 1. The Bertz CT molecular complexity index is 1610. The number of benzene rings is 1. The van der Waals surface area contributed by atoms with Crippen molar-refractivity contribution >= 4 is 34.3 Å². The van der Waals surface area contributed by atoms with Crippen LogP contribution in [-0.4, -0.2) is 61.3 Å². The van der Waals surface area contributed by atoms with Crippen molar-refractivity contribution in [2.75, 3.05) is 19.7 Å². The molecule has 0 unspecified atom stereocenters. The lowest BCUT2D eigenvalue weighted by Crippen LogP contribution is -2.33. The summed E-state index contributed by atoms with van der Waals surface area (Å²) in [5.74, 6) is -1.13. The minimum atomic E-state index is -1.03. The van der Waals surface area contributed by atoms with E-state index in [4.69, 9.17) is 26.1 Å². The topological polar surface area (TPSA) is 106 Å². The highest BCUT2D eigenvalue weighted by Crippen LogP contribution is 2.27. The number of aromatic nitrogens is 4. The van der Waals surface area contributed by atoms with Gasteiger partial charge in [-0.05, 0) is 36.6 Å². The Balaban J connectivity index is 1.15. The minimum absolute atomic E-state index is 0.0729. The molecule has 0 saturated carbocycles. The molecule has 9 nitrogen and oxygen atoms in total. The first kappa shape index (κ1) is 26.4. The molecule has 1 saturated heterocycles. The standard InChI is InChI=1S/C28H26ClF2N5O4/c29-18-2-1-17(21(31)9-18)15-40-26-11-19(30)10-22(32-26)16-3-6-35(7-4-16)14-25-34-27-24(12-23(33-27)28(37)38)36(25)13-20-5-8-39-20/h1-3,9-12,20,33H,4-8,13-15H2,(H,37,38)/t20-/m0/s1. The first-order valence-corrected chi connectivity index (χ1v) is 13.3. The van der Waals surface area contributed by atoms with Crippen LogP contribution in [0.5, 0.6) is 5.88 Å². The number of hydrogen-bond acceptors (Lipinski definition) is 6. The van der Waals surface area contributed by atoms with Gasteiger partial charge in [-0.25, -0.2) is 23.5 Å². The number of nitrogens with one attached hydrogen (secondary N) is 1. The molecule has 0 radical (unpaired) electrons. The number of imidazole rings is 1. The van der Waals surface area contributed by atoms with Crippen LogP contribution >= 0.6 is 11.6 Å². The Morgan fingerprint density at radius 1 is 1.23 bits per heavy atom. The van der Waals surface area contributed by atoms with Crippen LogP contribution in [0.25, 0.3) is 16.7 Å². The highest BCUT2D eigenvalue weighted by molar-refractivity contribution is 6.30. The van der Waals surface area contributed by atoms with Gasteiger partial charge in [0.15, 0.2) is 5.65 Å². The summed E-state index contributed by atoms with van der Waals surface area (Å²) in [6.07, 6.45) is 3.67. The van der Waals surface area contributed by atoms with Crippen LogP contribution < -0.4 is 4.74 Å². The van der Waals surface area contributed by atoms with Crippen molar-refractivity contribution in [3.63, 3.8) is 0 Å². The van der Waals surface area contributed by atoms with E-state index in [0.29, 0.717) is 49.5 Å². The molecule has 6 rings (SSSR count). The zero-order valence-corrected chi connectivity index (χ0v) is 22.1. The van der Waals surface area contributed by atoms with Gasteiger partial charge in [-0.2, -0.15) is 0 Å². The van der Waals surface area contributed by atoms with Gasteiger partial charge in [0.2, 0.25) is 5.88 Å². The Morgan fingerprint density at radius 2 is 2.08 bits per heavy atom. The van der Waals surface area contributed by atoms with Gasteiger partial charge in [-0.3, -0.25) is 4.90 Å². The van der Waals surface area contributed by atoms with Crippen molar-refractivity contribution < 1.29 is 28.2 Å². The number of ether oxygens (including phenoxy) is 2. The van der Waals surface area contributed by atoms with Crippen LogP contribution in [-0.2, 0) is 24.4 Å². The van der Waals surface area contributed by atoms with Gasteiger partial charge in [0.1, 0.15) is 29.8 Å². The van der Waals surface area contributed by atoms with E-state index in [1.54, 1.807) is 12.1 Å². The monoisotopic (exact) mass is 569 g/mol. The molecule has 0 aliphatic carbocycles. The third-order valence-electron chi connectivity index (χ3n) is 7.17. The lowest BCUT2D eigenvalue weighted by molar-refractivity contribution is -0.0591. The Kier molecular flexibility index (Phi) is 7.26. The maximum Gasteiger partial charge on any atom is 0.352 e. The largest absolute Gasteiger partial charge is 0.477 e. The second-order valence-corrected chi connectivity index (χ2v) is 10.3. The van der Waals surface area contributed by atoms with E-state index in [0.717, 1.165) is 29.9 Å². The van der Waals surface area contributed by atoms with E-state index in [-0.39, 0.29) is 29.3 Å². The second kappa shape index (κ2) is 11.0. The van der Waals surface area contributed by atoms with Gasteiger partial charge < -0.3 is 24.1 Å². The van der Waals surface area contributed by atoms with E-state index < -0.39 is 17.6 Å². The van der Waals surface area contributed by atoms with Gasteiger partial charge >= 0.3 is 5.97 Å². The fraction of sp³-hybridized carbons (Fsp3) is 0.321. The van der Waals surface area contributed by atoms with Crippen molar-refractivity contribution in [2.45, 2.75) is 38.6 Å². The molecule has 208 valence electrons. The predicted molar refractivity (Wildman–Crippen MR) is 143 cm³/mol. The molecule has 0 amide bonds. The van der Waals surface area contributed by atoms with Crippen LogP contribution in [0.15, 0.2) is 42.5 Å². The first-order chi connectivity index (χ1) is 19.3. The Labute approximate surface area is 233 Å². The lowest BCUT2D eigenvalue weighted by atomic mass is 10.0. The first-order valence-electron chi connectivity index (χ1n) is 12.9. The number of carbonyl (C=O) groups is 1. The van der Waals surface area contributed by atoms with Gasteiger partial charge in [0.25, 0.3) is 0 Å². The van der Waals surface area contributed by atoms with Crippen LogP contribution in [0.2, 0.25) is 5.02 Å². The maximum absolute atomic E-state index is 14.4. The number of pyridine rings is 1. The predicted octanol–water partition coefficient (Wildman–Crippen LogP) is 5.05. The smallest absolute Gasteiger partial charge is 0.352 e. The molecule has 2 aliphatic heterocycles. The number of aromatic amines is 1. The normalized spacial score (nSPS) is 17.6. The molecule has 1 aromatic carbocycles. The molecule has 12 heteroatoms. The molecular formula is C28H26ClF2N5O4. The van der Waals surface area contributed by atoms with Crippen LogP contribution in [0, 0.1) is 11.6 Å². The third kappa shape index (κ3) is 5.58. The number of carboxylic acids is 1. The highest BCUT2D eigenvalue weighted by Gasteiger charge is 2.25. The minimum Gasteiger partial charge on any atom is -0.477 e. The number of hydrogen-bond donors (Lipinski definition) is 2. The number of rotatable bonds is 9. The zero-order chi connectivity index (χ0) is 27.8. The summed E-state index contributed by atoms with van der Waals surface area (Å²) in [7, 11) is 0. The summed E-state index contributed by atoms with van der Waals surface area (Å²) < 4.78 is 41.8. The summed E-state index contributed by atoms with van der Waals surface area (Å²) >= 11 is 5.80. The quantitative estimate of drug-likeness (QED) is 0.291. The van der Waals surface area contributed by atoms with E-state index in [9.17, 15) is 18.7 Å². The average Bonchev–Trinajstić information content (AvgIpc) is 3.44. The Morgan fingerprint density at radius 3 is 2.77 bits per heavy atom. The molecule has 1 atom stereocenters. The number of fused-ring (bicyclic) bond motifs is 1. The molecule has 1 fully saturated rings. The molecule has 0 spiro atoms. The van der Waals surface area contributed by atoms with E-state index >= 15 is 0 Å². The van der Waals surface area contributed by atoms with E-state index in [1.807, 2.05) is 10.6 Å². The fourth-order valence-corrected chi connectivity index (χ4v) is 5.07. The summed E-state index contributed by atoms with van der Waals surface area (Å²) in [4.78, 5) is 25.7. The maximum atomic E-state index is 14.4. The van der Waals surface area contributed by atoms with Gasteiger partial charge in [0, 0.05) is 42.4 Å². The second-order valence-electron chi connectivity index (χ2n) is 9.89. The van der Waals surface area contributed by atoms with Gasteiger partial charge in [0.05, 0.1) is 30.4 Å². The number of halogens is 3. The molecule has 2 aliphatic rings. The number of H-pyrrole nitrogens is 1. The molecule has 5 heterocycles. The van der Waals surface area contributed by atoms with Crippen molar-refractivity contribution in [3.8, 4) is 5.88 Å². The SMILES string of the molecule is O=C(O)c1cc2c(nc(CN3CC=C(c4cc(F)cc(OCc5ccc(Cl)cc5F)n4)CC3)n2C[C@@H]2CCO2)[nH]1. The molecule has 3 aromatic heterocycles. The van der Waals surface area contributed by atoms with Gasteiger partial charge in [-0.1, -0.05) is 23.7 Å². The number of aromatic carboxylic acids is 1. The summed E-state index contributed by atoms with van der Waals surface area (Å²) in [5.41, 5.74) is 3.04. The third-order valence-corrected chi connectivity index (χ3v) is 7.41. The summed E-state index contributed by atoms with van der Waals surface area (Å²) in [6.45, 7) is 3.07. The molecular weight excluding hydrogens is 544 g/mol. The molecule has 40 heavy (non-hydrogen) atoms. The zero-order valence-electron chi connectivity index (χ0n) is 21.4. The van der Waals surface area contributed by atoms with Crippen molar-refractivity contribution in [1.82, 2.24) is 24.4 Å². The summed E-state index contributed by atoms with van der Waals surface area (Å²) in [5, 5.41) is 9.64. The molecule has 2 N–H and O–H groups in total. The van der Waals surface area contributed by atoms with Crippen molar-refractivity contribution in [3.05, 3.63) is 81.9 Å².